The summed E-state index contributed by atoms with van der Waals surface area (Å²) in [5, 5.41) is 0. The van der Waals surface area contributed by atoms with E-state index in [0.717, 1.165) is 24.0 Å². The van der Waals surface area contributed by atoms with Gasteiger partial charge in [-0.15, -0.1) is 0 Å². The lowest BCUT2D eigenvalue weighted by atomic mass is 9.97. The lowest BCUT2D eigenvalue weighted by Gasteiger charge is -2.36. The fourth-order valence-corrected chi connectivity index (χ4v) is 4.83. The molecular weight excluding hydrogens is 272 g/mol. The highest BCUT2D eigenvalue weighted by Gasteiger charge is 2.34. The van der Waals surface area contributed by atoms with Gasteiger partial charge in [-0.1, -0.05) is 19.1 Å². The molecule has 2 N–H and O–H groups in total. The summed E-state index contributed by atoms with van der Waals surface area (Å²) >= 11 is 0. The van der Waals surface area contributed by atoms with E-state index in [4.69, 9.17) is 5.73 Å². The minimum atomic E-state index is -3.41. The summed E-state index contributed by atoms with van der Waals surface area (Å²) in [6.45, 7) is 6.98. The first kappa shape index (κ1) is 15.5. The largest absolute Gasteiger partial charge is 0.326 e. The summed E-state index contributed by atoms with van der Waals surface area (Å²) in [5.41, 5.74) is 7.34. The van der Waals surface area contributed by atoms with Crippen molar-refractivity contribution in [2.45, 2.75) is 51.1 Å². The standard InChI is InChI=1S/C15H24N2O2S/c1-11-4-5-13(3)17(10-11)20(18,19)15-7-6-14(9-16)8-12(15)2/h6-8,11,13H,4-5,9-10,16H2,1-3H3. The summed E-state index contributed by atoms with van der Waals surface area (Å²) in [7, 11) is -3.41. The fourth-order valence-electron chi connectivity index (χ4n) is 2.84. The molecule has 0 spiro atoms. The quantitative estimate of drug-likeness (QED) is 0.930. The smallest absolute Gasteiger partial charge is 0.243 e. The number of benzene rings is 1. The summed E-state index contributed by atoms with van der Waals surface area (Å²) in [6, 6.07) is 5.44. The Labute approximate surface area is 122 Å². The predicted molar refractivity (Wildman–Crippen MR) is 80.8 cm³/mol. The van der Waals surface area contributed by atoms with E-state index in [-0.39, 0.29) is 6.04 Å². The summed E-state index contributed by atoms with van der Waals surface area (Å²) in [4.78, 5) is 0.413. The molecule has 1 aromatic rings. The van der Waals surface area contributed by atoms with Crippen LogP contribution in [0.5, 0.6) is 0 Å². The Bertz CT molecular complexity index is 584. The van der Waals surface area contributed by atoms with Crippen LogP contribution in [0.4, 0.5) is 0 Å². The molecule has 0 aromatic heterocycles. The summed E-state index contributed by atoms with van der Waals surface area (Å²) in [5.74, 6) is 0.421. The van der Waals surface area contributed by atoms with Gasteiger partial charge in [0.25, 0.3) is 0 Å². The van der Waals surface area contributed by atoms with Crippen LogP contribution in [-0.4, -0.2) is 25.3 Å². The molecule has 0 radical (unpaired) electrons. The highest BCUT2D eigenvalue weighted by Crippen LogP contribution is 2.29. The van der Waals surface area contributed by atoms with Crippen LogP contribution in [0.1, 0.15) is 37.8 Å². The zero-order valence-electron chi connectivity index (χ0n) is 12.5. The van der Waals surface area contributed by atoms with Gasteiger partial charge in [-0.25, -0.2) is 8.42 Å². The first-order valence-corrected chi connectivity index (χ1v) is 8.61. The highest BCUT2D eigenvalue weighted by molar-refractivity contribution is 7.89. The second-order valence-corrected chi connectivity index (χ2v) is 7.77. The minimum Gasteiger partial charge on any atom is -0.326 e. The van der Waals surface area contributed by atoms with Crippen LogP contribution in [0.15, 0.2) is 23.1 Å². The number of nitrogens with zero attached hydrogens (tertiary/aromatic N) is 1. The number of piperidine rings is 1. The van der Waals surface area contributed by atoms with Gasteiger partial charge in [0, 0.05) is 19.1 Å². The topological polar surface area (TPSA) is 63.4 Å². The molecule has 1 heterocycles. The van der Waals surface area contributed by atoms with Crippen molar-refractivity contribution in [3.05, 3.63) is 29.3 Å². The minimum absolute atomic E-state index is 0.0739. The van der Waals surface area contributed by atoms with Gasteiger partial charge in [-0.3, -0.25) is 0 Å². The zero-order valence-corrected chi connectivity index (χ0v) is 13.3. The van der Waals surface area contributed by atoms with Gasteiger partial charge in [0.15, 0.2) is 0 Å². The fraction of sp³-hybridized carbons (Fsp3) is 0.600. The van der Waals surface area contributed by atoms with E-state index in [9.17, 15) is 8.42 Å². The SMILES string of the molecule is Cc1cc(CN)ccc1S(=O)(=O)N1CC(C)CCC1C. The van der Waals surface area contributed by atoms with Crippen molar-refractivity contribution < 1.29 is 8.42 Å². The molecule has 20 heavy (non-hydrogen) atoms. The monoisotopic (exact) mass is 296 g/mol. The third-order valence-corrected chi connectivity index (χ3v) is 6.26. The van der Waals surface area contributed by atoms with Crippen LogP contribution >= 0.6 is 0 Å². The first-order chi connectivity index (χ1) is 9.36. The van der Waals surface area contributed by atoms with Crippen molar-refractivity contribution in [2.24, 2.45) is 11.7 Å². The zero-order chi connectivity index (χ0) is 14.9. The van der Waals surface area contributed by atoms with Crippen molar-refractivity contribution >= 4 is 10.0 Å². The Kier molecular flexibility index (Phi) is 4.52. The molecule has 1 fully saturated rings. The average Bonchev–Trinajstić information content (AvgIpc) is 2.40. The van der Waals surface area contributed by atoms with Crippen LogP contribution in [0.3, 0.4) is 0 Å². The van der Waals surface area contributed by atoms with Crippen LogP contribution in [-0.2, 0) is 16.6 Å². The summed E-state index contributed by atoms with van der Waals surface area (Å²) in [6.07, 6.45) is 2.03. The molecule has 4 nitrogen and oxygen atoms in total. The molecule has 2 unspecified atom stereocenters. The molecule has 0 bridgehead atoms. The number of hydrogen-bond acceptors (Lipinski definition) is 3. The molecule has 1 saturated heterocycles. The molecule has 112 valence electrons. The Balaban J connectivity index is 2.39. The number of aryl methyl sites for hydroxylation is 1. The van der Waals surface area contributed by atoms with Crippen LogP contribution in [0.2, 0.25) is 0 Å². The Morgan fingerprint density at radius 2 is 2.00 bits per heavy atom. The molecule has 5 heteroatoms. The second-order valence-electron chi connectivity index (χ2n) is 5.91. The van der Waals surface area contributed by atoms with Crippen LogP contribution in [0.25, 0.3) is 0 Å². The Hall–Kier alpha value is -0.910. The second kappa shape index (κ2) is 5.84. The van der Waals surface area contributed by atoms with Crippen LogP contribution in [0, 0.1) is 12.8 Å². The van der Waals surface area contributed by atoms with Gasteiger partial charge in [0.1, 0.15) is 0 Å². The predicted octanol–water partition coefficient (Wildman–Crippen LogP) is 2.26. The number of nitrogens with two attached hydrogens (primary N) is 1. The molecule has 2 atom stereocenters. The van der Waals surface area contributed by atoms with Gasteiger partial charge in [-0.05, 0) is 49.8 Å². The van der Waals surface area contributed by atoms with E-state index < -0.39 is 10.0 Å². The van der Waals surface area contributed by atoms with E-state index in [1.54, 1.807) is 16.4 Å². The Morgan fingerprint density at radius 3 is 2.60 bits per heavy atom. The molecular formula is C15H24N2O2S. The van der Waals surface area contributed by atoms with E-state index in [2.05, 4.69) is 6.92 Å². The van der Waals surface area contributed by atoms with Gasteiger partial charge in [0.05, 0.1) is 4.90 Å². The van der Waals surface area contributed by atoms with Crippen molar-refractivity contribution in [1.82, 2.24) is 4.31 Å². The number of hydrogen-bond donors (Lipinski definition) is 1. The van der Waals surface area contributed by atoms with E-state index in [1.165, 1.54) is 0 Å². The van der Waals surface area contributed by atoms with Crippen molar-refractivity contribution in [3.8, 4) is 0 Å². The highest BCUT2D eigenvalue weighted by atomic mass is 32.2. The maximum Gasteiger partial charge on any atom is 0.243 e. The first-order valence-electron chi connectivity index (χ1n) is 7.17. The van der Waals surface area contributed by atoms with Crippen LogP contribution < -0.4 is 5.73 Å². The molecule has 1 aliphatic rings. The normalized spacial score (nSPS) is 24.8. The number of rotatable bonds is 3. The molecule has 1 aromatic carbocycles. The third-order valence-electron chi connectivity index (χ3n) is 4.12. The van der Waals surface area contributed by atoms with Gasteiger partial charge >= 0.3 is 0 Å². The maximum absolute atomic E-state index is 12.9. The lowest BCUT2D eigenvalue weighted by Crippen LogP contribution is -2.45. The summed E-state index contributed by atoms with van der Waals surface area (Å²) < 4.78 is 27.4. The van der Waals surface area contributed by atoms with Gasteiger partial charge < -0.3 is 5.73 Å². The molecule has 0 amide bonds. The molecule has 0 saturated carbocycles. The van der Waals surface area contributed by atoms with E-state index in [0.29, 0.717) is 23.9 Å². The van der Waals surface area contributed by atoms with E-state index >= 15 is 0 Å². The molecule has 1 aliphatic heterocycles. The average molecular weight is 296 g/mol. The maximum atomic E-state index is 12.9. The van der Waals surface area contributed by atoms with Crippen molar-refractivity contribution in [3.63, 3.8) is 0 Å². The van der Waals surface area contributed by atoms with E-state index in [1.807, 2.05) is 19.9 Å². The Morgan fingerprint density at radius 1 is 1.30 bits per heavy atom. The number of sulfonamides is 1. The van der Waals surface area contributed by atoms with Gasteiger partial charge in [0.2, 0.25) is 10.0 Å². The molecule has 0 aliphatic carbocycles. The third kappa shape index (κ3) is 2.90. The van der Waals surface area contributed by atoms with Gasteiger partial charge in [-0.2, -0.15) is 4.31 Å². The lowest BCUT2D eigenvalue weighted by molar-refractivity contribution is 0.218. The molecule has 2 rings (SSSR count). The van der Waals surface area contributed by atoms with Crippen molar-refractivity contribution in [1.29, 1.82) is 0 Å². The van der Waals surface area contributed by atoms with Crippen molar-refractivity contribution in [2.75, 3.05) is 6.54 Å².